The second-order valence-corrected chi connectivity index (χ2v) is 3.79. The summed E-state index contributed by atoms with van der Waals surface area (Å²) < 4.78 is 35.8. The van der Waals surface area contributed by atoms with E-state index in [1.807, 2.05) is 0 Å². The molecule has 0 saturated heterocycles. The summed E-state index contributed by atoms with van der Waals surface area (Å²) in [4.78, 5) is 12.1. The number of halogens is 3. The summed E-state index contributed by atoms with van der Waals surface area (Å²) in [6.07, 6.45) is -2.59. The van der Waals surface area contributed by atoms with E-state index in [4.69, 9.17) is 5.73 Å². The highest BCUT2D eigenvalue weighted by Gasteiger charge is 2.44. The number of carbonyl (C=O) groups is 1. The van der Waals surface area contributed by atoms with Crippen molar-refractivity contribution in [2.75, 3.05) is 13.6 Å². The molecule has 0 aliphatic heterocycles. The lowest BCUT2D eigenvalue weighted by atomic mass is 9.76. The predicted molar refractivity (Wildman–Crippen MR) is 44.5 cm³/mol. The fourth-order valence-corrected chi connectivity index (χ4v) is 1.49. The van der Waals surface area contributed by atoms with Crippen molar-refractivity contribution in [1.29, 1.82) is 0 Å². The van der Waals surface area contributed by atoms with Crippen molar-refractivity contribution < 1.29 is 18.0 Å². The average Bonchev–Trinajstić information content (AvgIpc) is 1.95. The smallest absolute Gasteiger partial charge is 0.335 e. The number of alkyl halides is 3. The van der Waals surface area contributed by atoms with Crippen LogP contribution >= 0.6 is 0 Å². The highest BCUT2D eigenvalue weighted by Crippen LogP contribution is 2.31. The zero-order valence-electron chi connectivity index (χ0n) is 7.90. The van der Waals surface area contributed by atoms with E-state index in [1.165, 1.54) is 0 Å². The Balaban J connectivity index is 2.52. The molecule has 3 nitrogen and oxygen atoms in total. The van der Waals surface area contributed by atoms with Gasteiger partial charge in [-0.2, -0.15) is 13.2 Å². The molecule has 1 amide bonds. The van der Waals surface area contributed by atoms with Gasteiger partial charge in [-0.1, -0.05) is 0 Å². The first-order chi connectivity index (χ1) is 6.25. The molecule has 1 rings (SSSR count). The zero-order valence-corrected chi connectivity index (χ0v) is 7.90. The van der Waals surface area contributed by atoms with E-state index in [2.05, 4.69) is 0 Å². The van der Waals surface area contributed by atoms with Crippen LogP contribution in [0.2, 0.25) is 0 Å². The molecule has 6 heteroatoms. The van der Waals surface area contributed by atoms with Crippen LogP contribution in [0.4, 0.5) is 13.2 Å². The number of nitrogens with two attached hydrogens (primary N) is 1. The average molecular weight is 210 g/mol. The van der Waals surface area contributed by atoms with E-state index in [1.54, 1.807) is 0 Å². The van der Waals surface area contributed by atoms with Crippen LogP contribution in [0.3, 0.4) is 0 Å². The molecule has 1 fully saturated rings. The standard InChI is InChI=1S/C8H13F3N2O/c1-13(5-8(9,10)11)6(14)7(12)3-2-4-7/h2-5,12H2,1H3. The van der Waals surface area contributed by atoms with Gasteiger partial charge in [-0.25, -0.2) is 0 Å². The first-order valence-electron chi connectivity index (χ1n) is 4.36. The molecule has 2 N–H and O–H groups in total. The van der Waals surface area contributed by atoms with Gasteiger partial charge in [0.25, 0.3) is 0 Å². The van der Waals surface area contributed by atoms with E-state index >= 15 is 0 Å². The fraction of sp³-hybridized carbons (Fsp3) is 0.875. The summed E-state index contributed by atoms with van der Waals surface area (Å²) >= 11 is 0. The van der Waals surface area contributed by atoms with Gasteiger partial charge in [-0.05, 0) is 19.3 Å². The molecule has 1 aliphatic rings. The number of hydrogen-bond acceptors (Lipinski definition) is 2. The van der Waals surface area contributed by atoms with Crippen LogP contribution in [-0.2, 0) is 4.79 Å². The Kier molecular flexibility index (Phi) is 2.76. The molecule has 14 heavy (non-hydrogen) atoms. The lowest BCUT2D eigenvalue weighted by Crippen LogP contribution is -2.59. The molecule has 0 aromatic heterocycles. The lowest BCUT2D eigenvalue weighted by molar-refractivity contribution is -0.163. The first kappa shape index (κ1) is 11.3. The Labute approximate surface area is 80.0 Å². The summed E-state index contributed by atoms with van der Waals surface area (Å²) in [5, 5.41) is 0. The molecular weight excluding hydrogens is 197 g/mol. The highest BCUT2D eigenvalue weighted by atomic mass is 19.4. The fourth-order valence-electron chi connectivity index (χ4n) is 1.49. The van der Waals surface area contributed by atoms with E-state index < -0.39 is 24.2 Å². The Morgan fingerprint density at radius 1 is 1.50 bits per heavy atom. The van der Waals surface area contributed by atoms with Gasteiger partial charge in [0, 0.05) is 7.05 Å². The normalized spacial score (nSPS) is 20.1. The summed E-state index contributed by atoms with van der Waals surface area (Å²) in [6.45, 7) is -1.23. The molecule has 0 bridgehead atoms. The molecule has 0 aromatic rings. The van der Waals surface area contributed by atoms with Gasteiger partial charge in [0.05, 0.1) is 5.54 Å². The van der Waals surface area contributed by atoms with E-state index in [0.29, 0.717) is 17.7 Å². The Morgan fingerprint density at radius 2 is 2.00 bits per heavy atom. The van der Waals surface area contributed by atoms with Crippen LogP contribution in [0.15, 0.2) is 0 Å². The van der Waals surface area contributed by atoms with Gasteiger partial charge < -0.3 is 10.6 Å². The van der Waals surface area contributed by atoms with Gasteiger partial charge in [-0.15, -0.1) is 0 Å². The van der Waals surface area contributed by atoms with E-state index in [9.17, 15) is 18.0 Å². The quantitative estimate of drug-likeness (QED) is 0.735. The van der Waals surface area contributed by atoms with E-state index in [0.717, 1.165) is 13.5 Å². The Morgan fingerprint density at radius 3 is 2.29 bits per heavy atom. The maximum Gasteiger partial charge on any atom is 0.406 e. The lowest BCUT2D eigenvalue weighted by Gasteiger charge is -2.39. The number of rotatable bonds is 2. The zero-order chi connectivity index (χ0) is 11.0. The van der Waals surface area contributed by atoms with Crippen LogP contribution in [0.5, 0.6) is 0 Å². The monoisotopic (exact) mass is 210 g/mol. The minimum atomic E-state index is -4.36. The van der Waals surface area contributed by atoms with Crippen LogP contribution < -0.4 is 5.73 Å². The third-order valence-electron chi connectivity index (χ3n) is 2.43. The maximum atomic E-state index is 11.9. The molecule has 0 heterocycles. The third kappa shape index (κ3) is 2.37. The van der Waals surface area contributed by atoms with Gasteiger partial charge >= 0.3 is 6.18 Å². The van der Waals surface area contributed by atoms with Crippen molar-refractivity contribution in [3.63, 3.8) is 0 Å². The van der Waals surface area contributed by atoms with Crippen molar-refractivity contribution in [2.24, 2.45) is 5.73 Å². The number of nitrogens with zero attached hydrogens (tertiary/aromatic N) is 1. The van der Waals surface area contributed by atoms with Crippen molar-refractivity contribution in [3.05, 3.63) is 0 Å². The minimum absolute atomic E-state index is 0.480. The largest absolute Gasteiger partial charge is 0.406 e. The second kappa shape index (κ2) is 3.42. The van der Waals surface area contributed by atoms with Crippen molar-refractivity contribution in [1.82, 2.24) is 4.90 Å². The minimum Gasteiger partial charge on any atom is -0.335 e. The maximum absolute atomic E-state index is 11.9. The molecule has 1 saturated carbocycles. The SMILES string of the molecule is CN(CC(F)(F)F)C(=O)C1(N)CCC1. The van der Waals surface area contributed by atoms with Crippen LogP contribution in [0.25, 0.3) is 0 Å². The van der Waals surface area contributed by atoms with Crippen molar-refractivity contribution in [3.8, 4) is 0 Å². The molecule has 0 unspecified atom stereocenters. The van der Waals surface area contributed by atoms with Crippen LogP contribution in [0.1, 0.15) is 19.3 Å². The molecule has 0 atom stereocenters. The van der Waals surface area contributed by atoms with Crippen LogP contribution in [-0.4, -0.2) is 36.1 Å². The van der Waals surface area contributed by atoms with Gasteiger partial charge in [0.15, 0.2) is 0 Å². The predicted octanol–water partition coefficient (Wildman–Crippen LogP) is 0.889. The molecular formula is C8H13F3N2O. The summed E-state index contributed by atoms with van der Waals surface area (Å²) in [7, 11) is 1.13. The van der Waals surface area contributed by atoms with Crippen LogP contribution in [0, 0.1) is 0 Å². The molecule has 1 aliphatic carbocycles. The number of amides is 1. The Bertz CT molecular complexity index is 235. The van der Waals surface area contributed by atoms with E-state index in [-0.39, 0.29) is 0 Å². The third-order valence-corrected chi connectivity index (χ3v) is 2.43. The number of hydrogen-bond donors (Lipinski definition) is 1. The Hall–Kier alpha value is -0.780. The summed E-state index contributed by atoms with van der Waals surface area (Å²) in [6, 6.07) is 0. The van der Waals surface area contributed by atoms with Gasteiger partial charge in [-0.3, -0.25) is 4.79 Å². The molecule has 0 radical (unpaired) electrons. The molecule has 0 spiro atoms. The number of likely N-dealkylation sites (N-methyl/N-ethyl adjacent to an activating group) is 1. The number of carbonyl (C=O) groups excluding carboxylic acids is 1. The molecule has 0 aromatic carbocycles. The van der Waals surface area contributed by atoms with Gasteiger partial charge in [0.2, 0.25) is 5.91 Å². The first-order valence-corrected chi connectivity index (χ1v) is 4.36. The van der Waals surface area contributed by atoms with Crippen molar-refractivity contribution >= 4 is 5.91 Å². The summed E-state index contributed by atoms with van der Waals surface area (Å²) in [5.74, 6) is -0.610. The topological polar surface area (TPSA) is 46.3 Å². The highest BCUT2D eigenvalue weighted by molar-refractivity contribution is 5.86. The molecule has 82 valence electrons. The van der Waals surface area contributed by atoms with Crippen molar-refractivity contribution in [2.45, 2.75) is 31.0 Å². The van der Waals surface area contributed by atoms with Gasteiger partial charge in [0.1, 0.15) is 6.54 Å². The second-order valence-electron chi connectivity index (χ2n) is 3.79. The summed E-state index contributed by atoms with van der Waals surface area (Å²) in [5.41, 5.74) is 4.57.